The second-order valence-electron chi connectivity index (χ2n) is 7.20. The smallest absolute Gasteiger partial charge is 0.413 e. The zero-order chi connectivity index (χ0) is 18.4. The second-order valence-corrected chi connectivity index (χ2v) is 7.64. The molecule has 2 fully saturated rings. The summed E-state index contributed by atoms with van der Waals surface area (Å²) in [5, 5.41) is 11.6. The van der Waals surface area contributed by atoms with Crippen molar-refractivity contribution in [3.05, 3.63) is 34.9 Å². The van der Waals surface area contributed by atoms with Crippen molar-refractivity contribution in [2.45, 2.75) is 56.5 Å². The van der Waals surface area contributed by atoms with E-state index in [0.29, 0.717) is 5.02 Å². The van der Waals surface area contributed by atoms with Gasteiger partial charge in [0.05, 0.1) is 0 Å². The Balaban J connectivity index is 1.85. The summed E-state index contributed by atoms with van der Waals surface area (Å²) >= 11 is 5.98. The van der Waals surface area contributed by atoms with Crippen molar-refractivity contribution in [3.8, 4) is 0 Å². The fourth-order valence-electron chi connectivity index (χ4n) is 3.76. The summed E-state index contributed by atoms with van der Waals surface area (Å²) in [6, 6.07) is 7.15. The molecule has 1 aromatic carbocycles. The summed E-state index contributed by atoms with van der Waals surface area (Å²) in [6.45, 7) is 3.25. The van der Waals surface area contributed by atoms with E-state index >= 15 is 0 Å². The average molecular weight is 368 g/mol. The molecule has 3 N–H and O–H groups in total. The number of rotatable bonds is 5. The van der Waals surface area contributed by atoms with E-state index in [1.165, 1.54) is 6.92 Å². The van der Waals surface area contributed by atoms with Gasteiger partial charge >= 0.3 is 11.9 Å². The van der Waals surface area contributed by atoms with E-state index < -0.39 is 35.8 Å². The van der Waals surface area contributed by atoms with Crippen molar-refractivity contribution in [2.75, 3.05) is 0 Å². The number of hydrogen-bond donors (Lipinski definition) is 2. The van der Waals surface area contributed by atoms with Crippen LogP contribution in [-0.4, -0.2) is 35.0 Å². The summed E-state index contributed by atoms with van der Waals surface area (Å²) < 4.78 is 9.72. The number of nitrogens with two attached hydrogens (primary N) is 1. The lowest BCUT2D eigenvalue weighted by Crippen LogP contribution is -2.61. The standard InChI is InChI=1S/C18H22ClNO5/c1-10(17(2,23)16-24-14(21)15(22)25-16)13(20)18(8-3-9-18)11-4-6-12(19)7-5-11/h4-7,10,13,16,23H,3,8-9,20H2,1-2H3. The first kappa shape index (κ1) is 18.2. The predicted molar refractivity (Wildman–Crippen MR) is 90.7 cm³/mol. The topological polar surface area (TPSA) is 98.9 Å². The van der Waals surface area contributed by atoms with Gasteiger partial charge in [-0.2, -0.15) is 0 Å². The van der Waals surface area contributed by atoms with E-state index in [0.717, 1.165) is 24.8 Å². The Kier molecular flexibility index (Phi) is 4.56. The number of ether oxygens (including phenoxy) is 2. The number of cyclic esters (lactones) is 2. The summed E-state index contributed by atoms with van der Waals surface area (Å²) in [7, 11) is 0. The molecule has 6 nitrogen and oxygen atoms in total. The van der Waals surface area contributed by atoms with Crippen molar-refractivity contribution < 1.29 is 24.2 Å². The summed E-state index contributed by atoms with van der Waals surface area (Å²) in [4.78, 5) is 22.6. The molecule has 1 aromatic rings. The molecule has 3 rings (SSSR count). The second kappa shape index (κ2) is 6.27. The third-order valence-corrected chi connectivity index (χ3v) is 6.09. The van der Waals surface area contributed by atoms with Crippen LogP contribution in [0.15, 0.2) is 24.3 Å². The number of esters is 2. The molecule has 3 atom stereocenters. The molecule has 1 heterocycles. The summed E-state index contributed by atoms with van der Waals surface area (Å²) in [6.07, 6.45) is 1.47. The van der Waals surface area contributed by atoms with Gasteiger partial charge in [0.1, 0.15) is 5.60 Å². The highest BCUT2D eigenvalue weighted by molar-refractivity contribution is 6.31. The highest BCUT2D eigenvalue weighted by Crippen LogP contribution is 2.49. The average Bonchev–Trinajstić information content (AvgIpc) is 2.87. The molecule has 1 aliphatic carbocycles. The summed E-state index contributed by atoms with van der Waals surface area (Å²) in [5.41, 5.74) is 5.75. The molecule has 136 valence electrons. The maximum atomic E-state index is 11.3. The highest BCUT2D eigenvalue weighted by atomic mass is 35.5. The molecule has 2 aliphatic rings. The van der Waals surface area contributed by atoms with Gasteiger partial charge in [0.2, 0.25) is 0 Å². The molecule has 7 heteroatoms. The third kappa shape index (κ3) is 2.92. The van der Waals surface area contributed by atoms with Gasteiger partial charge in [-0.25, -0.2) is 9.59 Å². The van der Waals surface area contributed by atoms with Crippen molar-refractivity contribution in [3.63, 3.8) is 0 Å². The molecule has 0 bridgehead atoms. The first-order valence-corrected chi connectivity index (χ1v) is 8.72. The lowest BCUT2D eigenvalue weighted by Gasteiger charge is -2.51. The van der Waals surface area contributed by atoms with Crippen LogP contribution in [0.2, 0.25) is 5.02 Å². The van der Waals surface area contributed by atoms with Crippen molar-refractivity contribution in [2.24, 2.45) is 11.7 Å². The molecule has 1 saturated heterocycles. The Morgan fingerprint density at radius 3 is 2.20 bits per heavy atom. The van der Waals surface area contributed by atoms with Crippen molar-refractivity contribution in [1.82, 2.24) is 0 Å². The lowest BCUT2D eigenvalue weighted by molar-refractivity contribution is -0.204. The Hall–Kier alpha value is -1.63. The Bertz CT molecular complexity index is 667. The number of hydrogen-bond acceptors (Lipinski definition) is 6. The zero-order valence-electron chi connectivity index (χ0n) is 14.2. The SMILES string of the molecule is CC(C(N)C1(c2ccc(Cl)cc2)CCC1)C(C)(O)C1OC(=O)C(=O)O1. The third-order valence-electron chi connectivity index (χ3n) is 5.84. The van der Waals surface area contributed by atoms with Crippen LogP contribution in [0, 0.1) is 5.92 Å². The van der Waals surface area contributed by atoms with Crippen LogP contribution in [0.4, 0.5) is 0 Å². The zero-order valence-corrected chi connectivity index (χ0v) is 15.0. The quantitative estimate of drug-likeness (QED) is 0.609. The minimum absolute atomic E-state index is 0.291. The van der Waals surface area contributed by atoms with Crippen molar-refractivity contribution in [1.29, 1.82) is 0 Å². The molecule has 0 amide bonds. The molecule has 0 spiro atoms. The Morgan fingerprint density at radius 2 is 1.76 bits per heavy atom. The molecular formula is C18H22ClNO5. The maximum Gasteiger partial charge on any atom is 0.420 e. The van der Waals surface area contributed by atoms with Crippen LogP contribution in [0.1, 0.15) is 38.7 Å². The number of benzene rings is 1. The van der Waals surface area contributed by atoms with Gasteiger partial charge in [-0.05, 0) is 37.5 Å². The lowest BCUT2D eigenvalue weighted by atomic mass is 9.56. The minimum Gasteiger partial charge on any atom is -0.413 e. The monoisotopic (exact) mass is 367 g/mol. The first-order chi connectivity index (χ1) is 11.7. The van der Waals surface area contributed by atoms with Gasteiger partial charge in [-0.3, -0.25) is 0 Å². The van der Waals surface area contributed by atoms with Gasteiger partial charge in [0.25, 0.3) is 6.29 Å². The molecule has 1 aliphatic heterocycles. The van der Waals surface area contributed by atoms with Crippen molar-refractivity contribution >= 4 is 23.5 Å². The van der Waals surface area contributed by atoms with Gasteiger partial charge in [-0.15, -0.1) is 0 Å². The van der Waals surface area contributed by atoms with E-state index in [9.17, 15) is 14.7 Å². The van der Waals surface area contributed by atoms with E-state index in [1.807, 2.05) is 24.3 Å². The van der Waals surface area contributed by atoms with E-state index in [-0.39, 0.29) is 5.41 Å². The molecule has 25 heavy (non-hydrogen) atoms. The molecule has 0 aromatic heterocycles. The molecule has 0 radical (unpaired) electrons. The van der Waals surface area contributed by atoms with Gasteiger partial charge in [0.15, 0.2) is 0 Å². The van der Waals surface area contributed by atoms with Crippen LogP contribution >= 0.6 is 11.6 Å². The Morgan fingerprint density at radius 1 is 1.24 bits per heavy atom. The molecule has 3 unspecified atom stereocenters. The fourth-order valence-corrected chi connectivity index (χ4v) is 3.89. The van der Waals surface area contributed by atoms with Gasteiger partial charge in [-0.1, -0.05) is 37.1 Å². The predicted octanol–water partition coefficient (Wildman–Crippen LogP) is 1.90. The summed E-state index contributed by atoms with van der Waals surface area (Å²) in [5.74, 6) is -2.68. The van der Waals surface area contributed by atoms with E-state index in [4.69, 9.17) is 26.8 Å². The van der Waals surface area contributed by atoms with Gasteiger partial charge < -0.3 is 20.3 Å². The van der Waals surface area contributed by atoms with E-state index in [1.54, 1.807) is 6.92 Å². The first-order valence-electron chi connectivity index (χ1n) is 8.34. The van der Waals surface area contributed by atoms with Crippen LogP contribution in [0.25, 0.3) is 0 Å². The number of carbonyl (C=O) groups is 2. The maximum absolute atomic E-state index is 11.3. The van der Waals surface area contributed by atoms with Gasteiger partial charge in [0, 0.05) is 22.4 Å². The van der Waals surface area contributed by atoms with E-state index in [2.05, 4.69) is 0 Å². The number of halogens is 1. The minimum atomic E-state index is -1.60. The normalized spacial score (nSPS) is 24.7. The van der Waals surface area contributed by atoms with Crippen LogP contribution in [0.5, 0.6) is 0 Å². The highest BCUT2D eigenvalue weighted by Gasteiger charge is 2.55. The number of carbonyl (C=O) groups excluding carboxylic acids is 2. The van der Waals surface area contributed by atoms with Crippen LogP contribution in [-0.2, 0) is 24.5 Å². The van der Waals surface area contributed by atoms with Crippen LogP contribution < -0.4 is 5.73 Å². The van der Waals surface area contributed by atoms with Crippen LogP contribution in [0.3, 0.4) is 0 Å². The Labute approximate surface area is 151 Å². The molecular weight excluding hydrogens is 346 g/mol. The molecule has 1 saturated carbocycles. The fraction of sp³-hybridized carbons (Fsp3) is 0.556. The number of aliphatic hydroxyl groups is 1. The largest absolute Gasteiger partial charge is 0.420 e.